The van der Waals surface area contributed by atoms with Crippen LogP contribution in [-0.4, -0.2) is 37.0 Å². The first kappa shape index (κ1) is 17.8. The van der Waals surface area contributed by atoms with Crippen molar-refractivity contribution in [2.75, 3.05) is 20.4 Å². The maximum absolute atomic E-state index is 12.3. The van der Waals surface area contributed by atoms with Gasteiger partial charge in [-0.3, -0.25) is 4.79 Å². The minimum atomic E-state index is -0.136. The van der Waals surface area contributed by atoms with Crippen molar-refractivity contribution >= 4 is 11.6 Å². The van der Waals surface area contributed by atoms with E-state index in [9.17, 15) is 4.79 Å². The Morgan fingerprint density at radius 2 is 1.92 bits per heavy atom. The Labute approximate surface area is 153 Å². The first-order chi connectivity index (χ1) is 12.6. The number of carbonyl (C=O) groups excluding carboxylic acids is 1. The average molecular weight is 354 g/mol. The number of fused-ring (bicyclic) bond motifs is 1. The van der Waals surface area contributed by atoms with Crippen LogP contribution in [0.25, 0.3) is 0 Å². The fourth-order valence-corrected chi connectivity index (χ4v) is 2.63. The van der Waals surface area contributed by atoms with Crippen molar-refractivity contribution in [1.82, 2.24) is 4.90 Å². The molecule has 2 aromatic rings. The standard InChI is InChI=1S/C20H22N2O4/c1-14(17-9-10-18-19(11-17)25-13-24-18)21-26-12-20(23)22(3)15(2)16-7-5-4-6-8-16/h4-11,15H,12-13H2,1-3H3. The lowest BCUT2D eigenvalue weighted by Crippen LogP contribution is -2.32. The van der Waals surface area contributed by atoms with Gasteiger partial charge in [-0.2, -0.15) is 0 Å². The van der Waals surface area contributed by atoms with E-state index in [1.807, 2.05) is 62.4 Å². The van der Waals surface area contributed by atoms with E-state index in [1.54, 1.807) is 11.9 Å². The van der Waals surface area contributed by atoms with Gasteiger partial charge in [0.1, 0.15) is 0 Å². The molecule has 2 aromatic carbocycles. The molecule has 26 heavy (non-hydrogen) atoms. The number of amides is 1. The normalized spacial score (nSPS) is 14.0. The van der Waals surface area contributed by atoms with Crippen LogP contribution >= 0.6 is 0 Å². The molecule has 3 rings (SSSR count). The summed E-state index contributed by atoms with van der Waals surface area (Å²) in [5.74, 6) is 1.27. The van der Waals surface area contributed by atoms with Crippen LogP contribution in [0.1, 0.15) is 31.0 Å². The van der Waals surface area contributed by atoms with Gasteiger partial charge in [-0.15, -0.1) is 0 Å². The van der Waals surface area contributed by atoms with Crippen molar-refractivity contribution in [3.8, 4) is 11.5 Å². The van der Waals surface area contributed by atoms with E-state index in [-0.39, 0.29) is 25.3 Å². The molecular weight excluding hydrogens is 332 g/mol. The third kappa shape index (κ3) is 3.96. The zero-order chi connectivity index (χ0) is 18.5. The van der Waals surface area contributed by atoms with Crippen molar-refractivity contribution in [2.24, 2.45) is 5.16 Å². The average Bonchev–Trinajstić information content (AvgIpc) is 3.15. The van der Waals surface area contributed by atoms with Crippen molar-refractivity contribution < 1.29 is 19.1 Å². The SMILES string of the molecule is CC(=NOCC(=O)N(C)C(C)c1ccccc1)c1ccc2c(c1)OCO2. The van der Waals surface area contributed by atoms with E-state index in [1.165, 1.54) is 0 Å². The van der Waals surface area contributed by atoms with E-state index in [0.717, 1.165) is 11.1 Å². The molecule has 6 nitrogen and oxygen atoms in total. The van der Waals surface area contributed by atoms with Gasteiger partial charge in [0, 0.05) is 12.6 Å². The fourth-order valence-electron chi connectivity index (χ4n) is 2.63. The van der Waals surface area contributed by atoms with E-state index >= 15 is 0 Å². The number of hydrogen-bond donors (Lipinski definition) is 0. The van der Waals surface area contributed by atoms with Crippen molar-refractivity contribution in [1.29, 1.82) is 0 Å². The quantitative estimate of drug-likeness (QED) is 0.589. The number of nitrogens with zero attached hydrogens (tertiary/aromatic N) is 2. The Morgan fingerprint density at radius 1 is 1.19 bits per heavy atom. The van der Waals surface area contributed by atoms with Gasteiger partial charge in [0.05, 0.1) is 11.8 Å². The number of hydrogen-bond acceptors (Lipinski definition) is 5. The highest BCUT2D eigenvalue weighted by atomic mass is 16.7. The number of benzene rings is 2. The van der Waals surface area contributed by atoms with E-state index in [2.05, 4.69) is 5.16 Å². The lowest BCUT2D eigenvalue weighted by molar-refractivity contribution is -0.136. The summed E-state index contributed by atoms with van der Waals surface area (Å²) in [5.41, 5.74) is 2.59. The van der Waals surface area contributed by atoms with Crippen LogP contribution < -0.4 is 9.47 Å². The molecule has 0 fully saturated rings. The molecule has 1 atom stereocenters. The summed E-state index contributed by atoms with van der Waals surface area (Å²) in [6.07, 6.45) is 0. The molecule has 0 radical (unpaired) electrons. The molecule has 1 aliphatic heterocycles. The third-order valence-electron chi connectivity index (χ3n) is 4.44. The van der Waals surface area contributed by atoms with E-state index < -0.39 is 0 Å². The Balaban J connectivity index is 1.56. The van der Waals surface area contributed by atoms with Gasteiger partial charge in [-0.25, -0.2) is 0 Å². The summed E-state index contributed by atoms with van der Waals surface area (Å²) in [5, 5.41) is 4.05. The Kier molecular flexibility index (Phi) is 5.41. The molecule has 1 unspecified atom stereocenters. The first-order valence-electron chi connectivity index (χ1n) is 8.43. The van der Waals surface area contributed by atoms with Crippen molar-refractivity contribution in [3.05, 3.63) is 59.7 Å². The van der Waals surface area contributed by atoms with Gasteiger partial charge in [-0.1, -0.05) is 35.5 Å². The number of carbonyl (C=O) groups is 1. The van der Waals surface area contributed by atoms with Crippen LogP contribution in [-0.2, 0) is 9.63 Å². The Morgan fingerprint density at radius 3 is 2.69 bits per heavy atom. The molecule has 0 N–H and O–H groups in total. The van der Waals surface area contributed by atoms with Gasteiger partial charge in [0.2, 0.25) is 6.79 Å². The van der Waals surface area contributed by atoms with Crippen LogP contribution in [0.15, 0.2) is 53.7 Å². The molecule has 136 valence electrons. The molecule has 0 saturated carbocycles. The lowest BCUT2D eigenvalue weighted by Gasteiger charge is -2.24. The van der Waals surface area contributed by atoms with Gasteiger partial charge in [0.25, 0.3) is 5.91 Å². The zero-order valence-corrected chi connectivity index (χ0v) is 15.1. The number of likely N-dealkylation sites (N-methyl/N-ethyl adjacent to an activating group) is 1. The van der Waals surface area contributed by atoms with Gasteiger partial charge in [-0.05, 0) is 37.6 Å². The summed E-state index contributed by atoms with van der Waals surface area (Å²) in [4.78, 5) is 19.2. The predicted molar refractivity (Wildman–Crippen MR) is 98.4 cm³/mol. The summed E-state index contributed by atoms with van der Waals surface area (Å²) >= 11 is 0. The number of ether oxygens (including phenoxy) is 2. The highest BCUT2D eigenvalue weighted by Gasteiger charge is 2.18. The zero-order valence-electron chi connectivity index (χ0n) is 15.1. The van der Waals surface area contributed by atoms with Crippen LogP contribution in [0.2, 0.25) is 0 Å². The molecule has 0 saturated heterocycles. The maximum Gasteiger partial charge on any atom is 0.263 e. The molecule has 0 bridgehead atoms. The molecule has 0 aliphatic carbocycles. The third-order valence-corrected chi connectivity index (χ3v) is 4.44. The largest absolute Gasteiger partial charge is 0.454 e. The summed E-state index contributed by atoms with van der Waals surface area (Å²) < 4.78 is 10.6. The second-order valence-corrected chi connectivity index (χ2v) is 6.11. The number of oxime groups is 1. The van der Waals surface area contributed by atoms with Crippen LogP contribution in [0.5, 0.6) is 11.5 Å². The number of rotatable bonds is 6. The highest BCUT2D eigenvalue weighted by molar-refractivity contribution is 5.99. The van der Waals surface area contributed by atoms with Crippen molar-refractivity contribution in [2.45, 2.75) is 19.9 Å². The maximum atomic E-state index is 12.3. The smallest absolute Gasteiger partial charge is 0.263 e. The second-order valence-electron chi connectivity index (χ2n) is 6.11. The molecule has 1 heterocycles. The monoisotopic (exact) mass is 354 g/mol. The molecule has 1 amide bonds. The fraction of sp³-hybridized carbons (Fsp3) is 0.300. The second kappa shape index (κ2) is 7.91. The van der Waals surface area contributed by atoms with Crippen LogP contribution in [0.4, 0.5) is 0 Å². The molecule has 0 aromatic heterocycles. The summed E-state index contributed by atoms with van der Waals surface area (Å²) in [6.45, 7) is 3.91. The first-order valence-corrected chi connectivity index (χ1v) is 8.43. The summed E-state index contributed by atoms with van der Waals surface area (Å²) in [6, 6.07) is 15.4. The highest BCUT2D eigenvalue weighted by Crippen LogP contribution is 2.32. The van der Waals surface area contributed by atoms with E-state index in [4.69, 9.17) is 14.3 Å². The van der Waals surface area contributed by atoms with Gasteiger partial charge < -0.3 is 19.2 Å². The Bertz CT molecular complexity index is 805. The van der Waals surface area contributed by atoms with Crippen LogP contribution in [0.3, 0.4) is 0 Å². The summed E-state index contributed by atoms with van der Waals surface area (Å²) in [7, 11) is 1.76. The van der Waals surface area contributed by atoms with Crippen molar-refractivity contribution in [3.63, 3.8) is 0 Å². The van der Waals surface area contributed by atoms with E-state index in [0.29, 0.717) is 17.2 Å². The molecule has 1 aliphatic rings. The molecular formula is C20H22N2O4. The van der Waals surface area contributed by atoms with Gasteiger partial charge >= 0.3 is 0 Å². The Hall–Kier alpha value is -3.02. The minimum absolute atomic E-state index is 0.0359. The molecule has 0 spiro atoms. The van der Waals surface area contributed by atoms with Gasteiger partial charge in [0.15, 0.2) is 18.1 Å². The minimum Gasteiger partial charge on any atom is -0.454 e. The topological polar surface area (TPSA) is 60.4 Å². The van der Waals surface area contributed by atoms with Crippen LogP contribution in [0, 0.1) is 0 Å². The lowest BCUT2D eigenvalue weighted by atomic mass is 10.1. The molecule has 6 heteroatoms. The predicted octanol–water partition coefficient (Wildman–Crippen LogP) is 3.38.